The molecule has 0 aliphatic heterocycles. The third kappa shape index (κ3) is 2.39. The summed E-state index contributed by atoms with van der Waals surface area (Å²) in [4.78, 5) is 11.5. The van der Waals surface area contributed by atoms with Gasteiger partial charge in [-0.1, -0.05) is 34.8 Å². The molecule has 16 heavy (non-hydrogen) atoms. The van der Waals surface area contributed by atoms with Crippen LogP contribution in [-0.4, -0.2) is 19.9 Å². The Labute approximate surface area is 107 Å². The van der Waals surface area contributed by atoms with Gasteiger partial charge in [-0.05, 0) is 24.5 Å². The number of halogens is 3. The van der Waals surface area contributed by atoms with Crippen LogP contribution >= 0.6 is 34.8 Å². The molecule has 0 radical (unpaired) electrons. The summed E-state index contributed by atoms with van der Waals surface area (Å²) < 4.78 is -1.94. The van der Waals surface area contributed by atoms with Crippen LogP contribution in [0, 0.1) is 0 Å². The van der Waals surface area contributed by atoms with E-state index in [0.29, 0.717) is 0 Å². The fourth-order valence-electron chi connectivity index (χ4n) is 1.69. The van der Waals surface area contributed by atoms with Crippen LogP contribution in [0.2, 0.25) is 0 Å². The van der Waals surface area contributed by atoms with Crippen molar-refractivity contribution in [1.29, 1.82) is 0 Å². The number of hydrogen-bond donors (Lipinski definition) is 1. The quantitative estimate of drug-likeness (QED) is 0.800. The molecular weight excluding hydrogens is 272 g/mol. The number of carbonyl (C=O) groups is 1. The van der Waals surface area contributed by atoms with Gasteiger partial charge in [-0.15, -0.1) is 0 Å². The zero-order chi connectivity index (χ0) is 11.8. The van der Waals surface area contributed by atoms with E-state index in [1.807, 2.05) is 6.07 Å². The molecule has 1 aromatic rings. The summed E-state index contributed by atoms with van der Waals surface area (Å²) in [6, 6.07) is 1.66. The van der Waals surface area contributed by atoms with Gasteiger partial charge in [-0.25, -0.2) is 0 Å². The van der Waals surface area contributed by atoms with E-state index in [1.165, 1.54) is 0 Å². The van der Waals surface area contributed by atoms with Crippen molar-refractivity contribution in [2.24, 2.45) is 0 Å². The van der Waals surface area contributed by atoms with E-state index in [2.05, 4.69) is 15.5 Å². The number of nitrogens with one attached hydrogen (secondary N) is 1. The number of fused-ring (bicyclic) bond motifs is 1. The topological polar surface area (TPSA) is 54.9 Å². The minimum Gasteiger partial charge on any atom is -0.344 e. The lowest BCUT2D eigenvalue weighted by atomic mass is 10.2. The molecule has 0 aromatic carbocycles. The third-order valence-corrected chi connectivity index (χ3v) is 2.95. The Morgan fingerprint density at radius 1 is 1.50 bits per heavy atom. The lowest BCUT2D eigenvalue weighted by molar-refractivity contribution is -0.121. The zero-order valence-corrected chi connectivity index (χ0v) is 10.4. The first kappa shape index (κ1) is 11.9. The van der Waals surface area contributed by atoms with Gasteiger partial charge < -0.3 is 5.32 Å². The summed E-state index contributed by atoms with van der Waals surface area (Å²) in [5.41, 5.74) is 1.83. The molecule has 0 fully saturated rings. The number of rotatable bonds is 1. The van der Waals surface area contributed by atoms with Gasteiger partial charge in [0, 0.05) is 6.20 Å². The fraction of sp³-hybridized carbons (Fsp3) is 0.444. The van der Waals surface area contributed by atoms with Crippen LogP contribution in [0.4, 0.5) is 0 Å². The van der Waals surface area contributed by atoms with E-state index in [9.17, 15) is 4.79 Å². The van der Waals surface area contributed by atoms with Crippen molar-refractivity contribution in [3.8, 4) is 0 Å². The standard InChI is InChI=1S/C9H8Cl3N3O/c10-9(11,12)8(16)14-6-2-1-5-3-4-13-15-7(5)6/h3-4,6H,1-2H2,(H,14,16). The van der Waals surface area contributed by atoms with Gasteiger partial charge in [-0.3, -0.25) is 4.79 Å². The molecule has 1 atom stereocenters. The molecule has 2 rings (SSSR count). The van der Waals surface area contributed by atoms with Gasteiger partial charge in [0.1, 0.15) is 0 Å². The van der Waals surface area contributed by atoms with Gasteiger partial charge >= 0.3 is 0 Å². The van der Waals surface area contributed by atoms with Crippen LogP contribution in [0.3, 0.4) is 0 Å². The minimum atomic E-state index is -1.94. The van der Waals surface area contributed by atoms with E-state index >= 15 is 0 Å². The Morgan fingerprint density at radius 3 is 2.94 bits per heavy atom. The van der Waals surface area contributed by atoms with Crippen molar-refractivity contribution < 1.29 is 4.79 Å². The highest BCUT2D eigenvalue weighted by atomic mass is 35.6. The molecule has 4 nitrogen and oxygen atoms in total. The average molecular weight is 281 g/mol. The van der Waals surface area contributed by atoms with Crippen molar-refractivity contribution in [2.75, 3.05) is 0 Å². The van der Waals surface area contributed by atoms with Crippen molar-refractivity contribution in [3.05, 3.63) is 23.5 Å². The highest BCUT2D eigenvalue weighted by molar-refractivity contribution is 6.76. The van der Waals surface area contributed by atoms with Crippen molar-refractivity contribution in [1.82, 2.24) is 15.5 Å². The van der Waals surface area contributed by atoms with E-state index < -0.39 is 9.70 Å². The number of nitrogens with zero attached hydrogens (tertiary/aromatic N) is 2. The number of hydrogen-bond acceptors (Lipinski definition) is 3. The first-order chi connectivity index (χ1) is 7.48. The number of carbonyl (C=O) groups excluding carboxylic acids is 1. The maximum atomic E-state index is 11.5. The SMILES string of the molecule is O=C(NC1CCc2ccnnc21)C(Cl)(Cl)Cl. The highest BCUT2D eigenvalue weighted by Gasteiger charge is 2.34. The Morgan fingerprint density at radius 2 is 2.25 bits per heavy atom. The van der Waals surface area contributed by atoms with Crippen LogP contribution in [-0.2, 0) is 11.2 Å². The smallest absolute Gasteiger partial charge is 0.272 e. The van der Waals surface area contributed by atoms with Gasteiger partial charge in [0.05, 0.1) is 11.7 Å². The predicted octanol–water partition coefficient (Wildman–Crippen LogP) is 1.95. The number of aryl methyl sites for hydroxylation is 1. The Balaban J connectivity index is 2.12. The molecule has 1 aliphatic carbocycles. The molecule has 1 amide bonds. The summed E-state index contributed by atoms with van der Waals surface area (Å²) in [7, 11) is 0. The van der Waals surface area contributed by atoms with E-state index in [-0.39, 0.29) is 6.04 Å². The van der Waals surface area contributed by atoms with Gasteiger partial charge in [-0.2, -0.15) is 10.2 Å². The molecule has 0 spiro atoms. The normalized spacial score (nSPS) is 19.3. The molecule has 0 saturated heterocycles. The van der Waals surface area contributed by atoms with Crippen molar-refractivity contribution in [3.63, 3.8) is 0 Å². The number of alkyl halides is 3. The lowest BCUT2D eigenvalue weighted by Gasteiger charge is -2.16. The molecule has 0 saturated carbocycles. The van der Waals surface area contributed by atoms with Crippen LogP contribution in [0.15, 0.2) is 12.3 Å². The zero-order valence-electron chi connectivity index (χ0n) is 8.08. The molecule has 7 heteroatoms. The molecule has 0 bridgehead atoms. The van der Waals surface area contributed by atoms with Crippen LogP contribution < -0.4 is 5.32 Å². The van der Waals surface area contributed by atoms with Gasteiger partial charge in [0.15, 0.2) is 0 Å². The van der Waals surface area contributed by atoms with Gasteiger partial charge in [0.2, 0.25) is 0 Å². The highest BCUT2D eigenvalue weighted by Crippen LogP contribution is 2.31. The fourth-order valence-corrected chi connectivity index (χ4v) is 1.85. The Kier molecular flexibility index (Phi) is 3.24. The molecule has 1 unspecified atom stereocenters. The van der Waals surface area contributed by atoms with Crippen LogP contribution in [0.1, 0.15) is 23.7 Å². The average Bonchev–Trinajstić information content (AvgIpc) is 2.61. The van der Waals surface area contributed by atoms with Crippen LogP contribution in [0.25, 0.3) is 0 Å². The predicted molar refractivity (Wildman–Crippen MR) is 61.5 cm³/mol. The van der Waals surface area contributed by atoms with Crippen LogP contribution in [0.5, 0.6) is 0 Å². The largest absolute Gasteiger partial charge is 0.344 e. The molecule has 1 N–H and O–H groups in total. The van der Waals surface area contributed by atoms with Crippen molar-refractivity contribution in [2.45, 2.75) is 22.7 Å². The third-order valence-electron chi connectivity index (χ3n) is 2.43. The summed E-state index contributed by atoms with van der Waals surface area (Å²) in [5.74, 6) is -0.638. The summed E-state index contributed by atoms with van der Waals surface area (Å²) in [6.45, 7) is 0. The van der Waals surface area contributed by atoms with E-state index in [0.717, 1.165) is 24.1 Å². The second-order valence-corrected chi connectivity index (χ2v) is 5.79. The molecular formula is C9H8Cl3N3O. The minimum absolute atomic E-state index is 0.216. The second-order valence-electron chi connectivity index (χ2n) is 3.50. The van der Waals surface area contributed by atoms with E-state index in [4.69, 9.17) is 34.8 Å². The summed E-state index contributed by atoms with van der Waals surface area (Å²) >= 11 is 16.4. The molecule has 86 valence electrons. The maximum absolute atomic E-state index is 11.5. The Bertz CT molecular complexity index is 419. The summed E-state index contributed by atoms with van der Waals surface area (Å²) in [5, 5.41) is 10.4. The molecule has 1 heterocycles. The van der Waals surface area contributed by atoms with Crippen molar-refractivity contribution >= 4 is 40.7 Å². The number of aromatic nitrogens is 2. The first-order valence-corrected chi connectivity index (χ1v) is 5.80. The van der Waals surface area contributed by atoms with Gasteiger partial charge in [0.25, 0.3) is 9.70 Å². The Hall–Kier alpha value is -0.580. The monoisotopic (exact) mass is 279 g/mol. The molecule has 1 aromatic heterocycles. The van der Waals surface area contributed by atoms with E-state index in [1.54, 1.807) is 6.20 Å². The maximum Gasteiger partial charge on any atom is 0.272 e. The summed E-state index contributed by atoms with van der Waals surface area (Å²) in [6.07, 6.45) is 3.22. The lowest BCUT2D eigenvalue weighted by Crippen LogP contribution is -2.36. The number of amides is 1. The first-order valence-electron chi connectivity index (χ1n) is 4.66. The molecule has 1 aliphatic rings. The second kappa shape index (κ2) is 4.35.